The van der Waals surface area contributed by atoms with Crippen molar-refractivity contribution >= 4 is 23.4 Å². The second-order valence-electron chi connectivity index (χ2n) is 7.58. The molecule has 0 unspecified atom stereocenters. The van der Waals surface area contributed by atoms with Gasteiger partial charge in [0, 0.05) is 16.1 Å². The van der Waals surface area contributed by atoms with Gasteiger partial charge in [0.15, 0.2) is 5.78 Å². The monoisotopic (exact) mass is 399 g/mol. The van der Waals surface area contributed by atoms with Crippen molar-refractivity contribution in [3.63, 3.8) is 0 Å². The van der Waals surface area contributed by atoms with Gasteiger partial charge in [0.2, 0.25) is 0 Å². The summed E-state index contributed by atoms with van der Waals surface area (Å²) < 4.78 is 0. The zero-order chi connectivity index (χ0) is 19.9. The van der Waals surface area contributed by atoms with Crippen LogP contribution in [0.2, 0.25) is 5.02 Å². The van der Waals surface area contributed by atoms with E-state index in [0.717, 1.165) is 5.56 Å². The Hall–Kier alpha value is -2.17. The van der Waals surface area contributed by atoms with Gasteiger partial charge in [-0.25, -0.2) is 0 Å². The van der Waals surface area contributed by atoms with Gasteiger partial charge >= 0.3 is 0 Å². The number of aliphatic carboxylic acids is 1. The van der Waals surface area contributed by atoms with Gasteiger partial charge in [-0.2, -0.15) is 0 Å². The SMILES string of the molecule is O=C(C[C@@H]([NH2+]Cc1ccc(Cl)cc1)C(=O)[O-])c1ccc(C2CCCCC2)cc1. The number of nitrogens with two attached hydrogens (primary N) is 1. The number of carboxylic acid groups (broad SMARTS) is 1. The molecule has 0 aromatic heterocycles. The number of ketones is 1. The fourth-order valence-corrected chi connectivity index (χ4v) is 3.98. The number of rotatable bonds is 8. The van der Waals surface area contributed by atoms with E-state index in [1.165, 1.54) is 37.7 Å². The number of Topliss-reactive ketones (excluding diaryl/α,β-unsaturated/α-hetero) is 1. The van der Waals surface area contributed by atoms with E-state index in [1.54, 1.807) is 17.4 Å². The number of hydrogen-bond donors (Lipinski definition) is 1. The molecule has 0 radical (unpaired) electrons. The third-order valence-corrected chi connectivity index (χ3v) is 5.82. The quantitative estimate of drug-likeness (QED) is 0.693. The Bertz CT molecular complexity index is 796. The van der Waals surface area contributed by atoms with E-state index >= 15 is 0 Å². The van der Waals surface area contributed by atoms with Crippen molar-refractivity contribution in [1.29, 1.82) is 0 Å². The number of quaternary nitrogens is 1. The first kappa shape index (κ1) is 20.6. The van der Waals surface area contributed by atoms with Crippen LogP contribution in [-0.4, -0.2) is 17.8 Å². The number of carbonyl (C=O) groups is 2. The minimum atomic E-state index is -1.22. The molecule has 2 N–H and O–H groups in total. The number of halogens is 1. The molecule has 2 aromatic carbocycles. The Labute approximate surface area is 170 Å². The maximum Gasteiger partial charge on any atom is 0.169 e. The molecule has 0 bridgehead atoms. The van der Waals surface area contributed by atoms with E-state index in [1.807, 2.05) is 36.4 Å². The summed E-state index contributed by atoms with van der Waals surface area (Å²) in [6.45, 7) is 0.448. The maximum atomic E-state index is 12.6. The largest absolute Gasteiger partial charge is 0.544 e. The lowest BCUT2D eigenvalue weighted by atomic mass is 9.84. The normalized spacial score (nSPS) is 15.9. The first-order valence-electron chi connectivity index (χ1n) is 9.94. The maximum absolute atomic E-state index is 12.6. The summed E-state index contributed by atoms with van der Waals surface area (Å²) in [6.07, 6.45) is 6.17. The highest BCUT2D eigenvalue weighted by Gasteiger charge is 2.20. The molecule has 3 rings (SSSR count). The van der Waals surface area contributed by atoms with E-state index in [4.69, 9.17) is 11.6 Å². The molecule has 0 heterocycles. The van der Waals surface area contributed by atoms with Crippen molar-refractivity contribution in [2.24, 2.45) is 0 Å². The molecule has 1 aliphatic carbocycles. The molecule has 1 aliphatic rings. The van der Waals surface area contributed by atoms with E-state index in [2.05, 4.69) is 0 Å². The second-order valence-corrected chi connectivity index (χ2v) is 8.01. The minimum Gasteiger partial charge on any atom is -0.544 e. The Balaban J connectivity index is 1.58. The van der Waals surface area contributed by atoms with Crippen LogP contribution in [-0.2, 0) is 11.3 Å². The van der Waals surface area contributed by atoms with Crippen molar-refractivity contribution < 1.29 is 20.0 Å². The summed E-state index contributed by atoms with van der Waals surface area (Å²) in [6, 6.07) is 14.0. The van der Waals surface area contributed by atoms with Gasteiger partial charge in [-0.15, -0.1) is 0 Å². The van der Waals surface area contributed by atoms with Gasteiger partial charge in [0.05, 0.1) is 12.4 Å². The van der Waals surface area contributed by atoms with Crippen molar-refractivity contribution in [3.05, 3.63) is 70.2 Å². The van der Waals surface area contributed by atoms with E-state index in [0.29, 0.717) is 23.0 Å². The van der Waals surface area contributed by atoms with Crippen molar-refractivity contribution in [3.8, 4) is 0 Å². The van der Waals surface area contributed by atoms with Crippen LogP contribution in [0.5, 0.6) is 0 Å². The summed E-state index contributed by atoms with van der Waals surface area (Å²) in [5, 5.41) is 13.7. The standard InChI is InChI=1S/C23H26ClNO3/c24-20-12-6-16(7-13-20)15-25-21(23(27)28)14-22(26)19-10-8-18(9-11-19)17-4-2-1-3-5-17/h6-13,17,21,25H,1-5,14-15H2,(H,27,28)/t21-/m1/s1. The number of benzene rings is 2. The Morgan fingerprint density at radius 3 is 2.25 bits per heavy atom. The molecule has 5 heteroatoms. The molecule has 1 saturated carbocycles. The molecule has 148 valence electrons. The molecule has 28 heavy (non-hydrogen) atoms. The summed E-state index contributed by atoms with van der Waals surface area (Å²) in [5.41, 5.74) is 2.78. The van der Waals surface area contributed by atoms with Crippen molar-refractivity contribution in [1.82, 2.24) is 0 Å². The topological polar surface area (TPSA) is 73.8 Å². The molecule has 4 nitrogen and oxygen atoms in total. The van der Waals surface area contributed by atoms with Crippen LogP contribution < -0.4 is 10.4 Å². The predicted molar refractivity (Wildman–Crippen MR) is 107 cm³/mol. The van der Waals surface area contributed by atoms with Crippen LogP contribution >= 0.6 is 11.6 Å². The number of carboxylic acids is 1. The number of hydrogen-bond acceptors (Lipinski definition) is 3. The van der Waals surface area contributed by atoms with E-state index in [-0.39, 0.29) is 12.2 Å². The highest BCUT2D eigenvalue weighted by molar-refractivity contribution is 6.30. The van der Waals surface area contributed by atoms with Crippen LogP contribution in [0.1, 0.15) is 65.9 Å². The molecule has 2 aromatic rings. The highest BCUT2D eigenvalue weighted by Crippen LogP contribution is 2.32. The smallest absolute Gasteiger partial charge is 0.169 e. The molecule has 0 aliphatic heterocycles. The zero-order valence-corrected chi connectivity index (χ0v) is 16.7. The van der Waals surface area contributed by atoms with Crippen LogP contribution in [0, 0.1) is 0 Å². The Kier molecular flexibility index (Phi) is 7.24. The molecule has 1 atom stereocenters. The molecule has 1 fully saturated rings. The van der Waals surface area contributed by atoms with Gasteiger partial charge in [-0.3, -0.25) is 4.79 Å². The van der Waals surface area contributed by atoms with Crippen LogP contribution in [0.25, 0.3) is 0 Å². The van der Waals surface area contributed by atoms with Crippen molar-refractivity contribution in [2.45, 2.75) is 57.0 Å². The highest BCUT2D eigenvalue weighted by atomic mass is 35.5. The predicted octanol–water partition coefficient (Wildman–Crippen LogP) is 2.84. The molecule has 0 amide bonds. The van der Waals surface area contributed by atoms with Gasteiger partial charge in [0.25, 0.3) is 0 Å². The van der Waals surface area contributed by atoms with E-state index in [9.17, 15) is 14.7 Å². The van der Waals surface area contributed by atoms with Gasteiger partial charge in [-0.1, -0.05) is 67.3 Å². The molecule has 0 spiro atoms. The summed E-state index contributed by atoms with van der Waals surface area (Å²) in [5.74, 6) is -0.806. The lowest BCUT2D eigenvalue weighted by Crippen LogP contribution is -2.92. The van der Waals surface area contributed by atoms with E-state index < -0.39 is 12.0 Å². The minimum absolute atomic E-state index is 0.0846. The fraction of sp³-hybridized carbons (Fsp3) is 0.391. The first-order chi connectivity index (χ1) is 13.5. The molecular formula is C23H26ClNO3. The van der Waals surface area contributed by atoms with Gasteiger partial charge < -0.3 is 15.2 Å². The lowest BCUT2D eigenvalue weighted by Gasteiger charge is -2.22. The van der Waals surface area contributed by atoms with Crippen LogP contribution in [0.4, 0.5) is 0 Å². The summed E-state index contributed by atoms with van der Waals surface area (Å²) >= 11 is 5.86. The third kappa shape index (κ3) is 5.66. The summed E-state index contributed by atoms with van der Waals surface area (Å²) in [7, 11) is 0. The first-order valence-corrected chi connectivity index (χ1v) is 10.3. The average Bonchev–Trinajstić information content (AvgIpc) is 2.72. The van der Waals surface area contributed by atoms with Crippen LogP contribution in [0.15, 0.2) is 48.5 Å². The van der Waals surface area contributed by atoms with Crippen LogP contribution in [0.3, 0.4) is 0 Å². The fourth-order valence-electron chi connectivity index (χ4n) is 3.86. The molecular weight excluding hydrogens is 374 g/mol. The molecule has 0 saturated heterocycles. The van der Waals surface area contributed by atoms with Crippen molar-refractivity contribution in [2.75, 3.05) is 0 Å². The average molecular weight is 400 g/mol. The second kappa shape index (κ2) is 9.85. The zero-order valence-electron chi connectivity index (χ0n) is 15.9. The number of carbonyl (C=O) groups excluding carboxylic acids is 2. The lowest BCUT2D eigenvalue weighted by molar-refractivity contribution is -0.697. The summed E-state index contributed by atoms with van der Waals surface area (Å²) in [4.78, 5) is 24.1. The Morgan fingerprint density at radius 2 is 1.64 bits per heavy atom. The van der Waals surface area contributed by atoms with Gasteiger partial charge in [0.1, 0.15) is 12.6 Å². The third-order valence-electron chi connectivity index (χ3n) is 5.57. The Morgan fingerprint density at radius 1 is 1.00 bits per heavy atom. The van der Waals surface area contributed by atoms with Gasteiger partial charge in [-0.05, 0) is 36.5 Å².